The highest BCUT2D eigenvalue weighted by atomic mass is 32.2. The summed E-state index contributed by atoms with van der Waals surface area (Å²) >= 11 is 1.46. The van der Waals surface area contributed by atoms with Gasteiger partial charge in [0.1, 0.15) is 11.6 Å². The topological polar surface area (TPSA) is 55.1 Å². The number of oxazole rings is 1. The maximum Gasteiger partial charge on any atom is 0.277 e. The molecule has 1 N–H and O–H groups in total. The van der Waals surface area contributed by atoms with Crippen LogP contribution in [0.25, 0.3) is 0 Å². The summed E-state index contributed by atoms with van der Waals surface area (Å²) in [5.74, 6) is 0.481. The molecule has 1 aromatic heterocycles. The number of carbonyl (C=O) groups excluding carboxylic acids is 1. The Balaban J connectivity index is 1.75. The number of nitrogens with zero attached hydrogens (tertiary/aromatic N) is 1. The number of amides is 1. The molecule has 6 heteroatoms. The van der Waals surface area contributed by atoms with E-state index < -0.39 is 0 Å². The lowest BCUT2D eigenvalue weighted by atomic mass is 10.2. The van der Waals surface area contributed by atoms with Crippen LogP contribution in [-0.4, -0.2) is 10.9 Å². The van der Waals surface area contributed by atoms with Gasteiger partial charge in [0, 0.05) is 17.1 Å². The van der Waals surface area contributed by atoms with E-state index in [0.29, 0.717) is 29.2 Å². The number of benzene rings is 2. The van der Waals surface area contributed by atoms with E-state index in [0.717, 1.165) is 4.90 Å². The molecule has 0 radical (unpaired) electrons. The van der Waals surface area contributed by atoms with Crippen LogP contribution in [0.2, 0.25) is 0 Å². The maximum absolute atomic E-state index is 13.8. The SMILES string of the molecule is CCc1ocnc1C(=O)Nc1ccccc1SCc1ccccc1F. The molecule has 1 heterocycles. The quantitative estimate of drug-likeness (QED) is 0.637. The molecule has 0 spiro atoms. The highest BCUT2D eigenvalue weighted by Crippen LogP contribution is 2.30. The lowest BCUT2D eigenvalue weighted by Crippen LogP contribution is -2.14. The number of anilines is 1. The number of thioether (sulfide) groups is 1. The molecule has 1 amide bonds. The van der Waals surface area contributed by atoms with Crippen LogP contribution < -0.4 is 5.32 Å². The van der Waals surface area contributed by atoms with Crippen LogP contribution in [0.1, 0.15) is 28.7 Å². The fraction of sp³-hybridized carbons (Fsp3) is 0.158. The molecule has 0 aliphatic heterocycles. The van der Waals surface area contributed by atoms with Gasteiger partial charge < -0.3 is 9.73 Å². The lowest BCUT2D eigenvalue weighted by molar-refractivity contribution is 0.102. The Morgan fingerprint density at radius 1 is 1.20 bits per heavy atom. The third-order valence-electron chi connectivity index (χ3n) is 3.65. The molecule has 0 unspecified atom stereocenters. The first kappa shape index (κ1) is 17.2. The summed E-state index contributed by atoms with van der Waals surface area (Å²) < 4.78 is 19.0. The van der Waals surface area contributed by atoms with E-state index >= 15 is 0 Å². The van der Waals surface area contributed by atoms with Crippen molar-refractivity contribution in [2.75, 3.05) is 5.32 Å². The minimum Gasteiger partial charge on any atom is -0.448 e. The normalized spacial score (nSPS) is 10.6. The van der Waals surface area contributed by atoms with Gasteiger partial charge in [0.2, 0.25) is 0 Å². The molecule has 0 saturated carbocycles. The van der Waals surface area contributed by atoms with Gasteiger partial charge in [-0.25, -0.2) is 9.37 Å². The average Bonchev–Trinajstić information content (AvgIpc) is 3.11. The van der Waals surface area contributed by atoms with Crippen LogP contribution >= 0.6 is 11.8 Å². The number of hydrogen-bond acceptors (Lipinski definition) is 4. The number of para-hydroxylation sites is 1. The maximum atomic E-state index is 13.8. The number of hydrogen-bond donors (Lipinski definition) is 1. The number of nitrogens with one attached hydrogen (secondary N) is 1. The molecule has 3 aromatic rings. The van der Waals surface area contributed by atoms with Crippen LogP contribution in [0.15, 0.2) is 64.2 Å². The second-order valence-electron chi connectivity index (χ2n) is 5.31. The summed E-state index contributed by atoms with van der Waals surface area (Å²) in [6.07, 6.45) is 1.86. The van der Waals surface area contributed by atoms with Gasteiger partial charge in [-0.05, 0) is 23.8 Å². The van der Waals surface area contributed by atoms with Crippen molar-refractivity contribution >= 4 is 23.4 Å². The van der Waals surface area contributed by atoms with E-state index in [2.05, 4.69) is 10.3 Å². The first-order chi connectivity index (χ1) is 12.2. The Morgan fingerprint density at radius 2 is 1.96 bits per heavy atom. The molecule has 3 rings (SSSR count). The van der Waals surface area contributed by atoms with Gasteiger partial charge in [-0.3, -0.25) is 4.79 Å². The zero-order valence-electron chi connectivity index (χ0n) is 13.7. The predicted molar refractivity (Wildman–Crippen MR) is 96.2 cm³/mol. The van der Waals surface area contributed by atoms with Crippen LogP contribution in [0, 0.1) is 5.82 Å². The Kier molecular flexibility index (Phi) is 5.50. The van der Waals surface area contributed by atoms with Gasteiger partial charge in [0.15, 0.2) is 12.1 Å². The highest BCUT2D eigenvalue weighted by Gasteiger charge is 2.16. The summed E-state index contributed by atoms with van der Waals surface area (Å²) in [5, 5.41) is 2.86. The van der Waals surface area contributed by atoms with Crippen LogP contribution in [0.5, 0.6) is 0 Å². The number of aromatic nitrogens is 1. The summed E-state index contributed by atoms with van der Waals surface area (Å²) in [5.41, 5.74) is 1.58. The van der Waals surface area contributed by atoms with Crippen molar-refractivity contribution in [3.63, 3.8) is 0 Å². The van der Waals surface area contributed by atoms with E-state index in [9.17, 15) is 9.18 Å². The zero-order chi connectivity index (χ0) is 17.6. The van der Waals surface area contributed by atoms with Crippen LogP contribution in [-0.2, 0) is 12.2 Å². The average molecular weight is 356 g/mol. The number of rotatable bonds is 6. The van der Waals surface area contributed by atoms with Crippen molar-refractivity contribution in [1.82, 2.24) is 4.98 Å². The van der Waals surface area contributed by atoms with Gasteiger partial charge in [0.25, 0.3) is 5.91 Å². The lowest BCUT2D eigenvalue weighted by Gasteiger charge is -2.10. The second kappa shape index (κ2) is 7.98. The van der Waals surface area contributed by atoms with Crippen molar-refractivity contribution < 1.29 is 13.6 Å². The summed E-state index contributed by atoms with van der Waals surface area (Å²) in [6.45, 7) is 1.90. The van der Waals surface area contributed by atoms with E-state index in [-0.39, 0.29) is 17.4 Å². The molecule has 0 fully saturated rings. The van der Waals surface area contributed by atoms with E-state index in [4.69, 9.17) is 4.42 Å². The van der Waals surface area contributed by atoms with Crippen LogP contribution in [0.3, 0.4) is 0 Å². The first-order valence-electron chi connectivity index (χ1n) is 7.88. The molecule has 0 atom stereocenters. The standard InChI is InChI=1S/C19H17FN2O2S/c1-2-16-18(21-12-24-16)19(23)22-15-9-5-6-10-17(15)25-11-13-7-3-4-8-14(13)20/h3-10,12H,2,11H2,1H3,(H,22,23). The molecule has 25 heavy (non-hydrogen) atoms. The third kappa shape index (κ3) is 4.09. The molecular weight excluding hydrogens is 339 g/mol. The first-order valence-corrected chi connectivity index (χ1v) is 8.86. The second-order valence-corrected chi connectivity index (χ2v) is 6.33. The van der Waals surface area contributed by atoms with Gasteiger partial charge in [-0.15, -0.1) is 11.8 Å². The third-order valence-corrected chi connectivity index (χ3v) is 4.78. The molecule has 0 aliphatic rings. The van der Waals surface area contributed by atoms with Crippen molar-refractivity contribution in [3.05, 3.63) is 77.8 Å². The Labute approximate surface area is 149 Å². The summed E-state index contributed by atoms with van der Waals surface area (Å²) in [6, 6.07) is 14.1. The molecular formula is C19H17FN2O2S. The molecule has 2 aromatic carbocycles. The fourth-order valence-electron chi connectivity index (χ4n) is 2.35. The Hall–Kier alpha value is -2.60. The Morgan fingerprint density at radius 3 is 2.76 bits per heavy atom. The van der Waals surface area contributed by atoms with E-state index in [1.807, 2.05) is 37.3 Å². The minimum absolute atomic E-state index is 0.230. The van der Waals surface area contributed by atoms with Gasteiger partial charge >= 0.3 is 0 Å². The van der Waals surface area contributed by atoms with Gasteiger partial charge in [-0.2, -0.15) is 0 Å². The number of carbonyl (C=O) groups is 1. The van der Waals surface area contributed by atoms with Gasteiger partial charge in [0.05, 0.1) is 5.69 Å². The van der Waals surface area contributed by atoms with E-state index in [1.165, 1.54) is 24.2 Å². The minimum atomic E-state index is -0.315. The largest absolute Gasteiger partial charge is 0.448 e. The van der Waals surface area contributed by atoms with Crippen LogP contribution in [0.4, 0.5) is 10.1 Å². The molecule has 128 valence electrons. The molecule has 0 saturated heterocycles. The molecule has 0 bridgehead atoms. The summed E-state index contributed by atoms with van der Waals surface area (Å²) in [7, 11) is 0. The number of aryl methyl sites for hydroxylation is 1. The smallest absolute Gasteiger partial charge is 0.277 e. The van der Waals surface area contributed by atoms with Crippen molar-refractivity contribution in [2.45, 2.75) is 24.0 Å². The monoisotopic (exact) mass is 356 g/mol. The zero-order valence-corrected chi connectivity index (χ0v) is 14.5. The Bertz CT molecular complexity index is 879. The molecule has 0 aliphatic carbocycles. The van der Waals surface area contributed by atoms with Crippen molar-refractivity contribution in [2.24, 2.45) is 0 Å². The van der Waals surface area contributed by atoms with Gasteiger partial charge in [-0.1, -0.05) is 37.3 Å². The van der Waals surface area contributed by atoms with E-state index in [1.54, 1.807) is 12.1 Å². The predicted octanol–water partition coefficient (Wildman–Crippen LogP) is 4.92. The highest BCUT2D eigenvalue weighted by molar-refractivity contribution is 7.98. The fourth-order valence-corrected chi connectivity index (χ4v) is 3.35. The van der Waals surface area contributed by atoms with Crippen molar-refractivity contribution in [3.8, 4) is 0 Å². The van der Waals surface area contributed by atoms with Crippen molar-refractivity contribution in [1.29, 1.82) is 0 Å². The number of halogens is 1. The molecule has 4 nitrogen and oxygen atoms in total. The summed E-state index contributed by atoms with van der Waals surface area (Å²) in [4.78, 5) is 17.3.